The zero-order valence-electron chi connectivity index (χ0n) is 10.7. The molecule has 15 heavy (non-hydrogen) atoms. The Kier molecular flexibility index (Phi) is 7.14. The van der Waals surface area contributed by atoms with Gasteiger partial charge in [0.2, 0.25) is 0 Å². The maximum Gasteiger partial charge on any atom is 0.0686 e. The van der Waals surface area contributed by atoms with Gasteiger partial charge in [-0.2, -0.15) is 0 Å². The molecule has 1 aliphatic rings. The molecule has 1 N–H and O–H groups in total. The molecule has 1 heterocycles. The minimum Gasteiger partial charge on any atom is -0.392 e. The molecule has 0 saturated carbocycles. The first kappa shape index (κ1) is 14.2. The minimum atomic E-state index is -0.248. The van der Waals surface area contributed by atoms with Crippen LogP contribution in [0.25, 0.3) is 0 Å². The first-order valence-corrected chi connectivity index (χ1v) is 5.87. The average Bonchev–Trinajstić information content (AvgIpc) is 2.31. The third-order valence-electron chi connectivity index (χ3n) is 2.29. The van der Waals surface area contributed by atoms with E-state index in [0.29, 0.717) is 0 Å². The molecule has 2 heteroatoms. The van der Waals surface area contributed by atoms with Gasteiger partial charge in [-0.05, 0) is 33.3 Å². The first-order chi connectivity index (χ1) is 7.09. The fourth-order valence-electron chi connectivity index (χ4n) is 1.66. The van der Waals surface area contributed by atoms with Crippen molar-refractivity contribution in [3.63, 3.8) is 0 Å². The summed E-state index contributed by atoms with van der Waals surface area (Å²) in [6, 6.07) is 0. The Morgan fingerprint density at radius 1 is 1.40 bits per heavy atom. The van der Waals surface area contributed by atoms with Crippen LogP contribution >= 0.6 is 0 Å². The van der Waals surface area contributed by atoms with E-state index in [1.807, 2.05) is 20.8 Å². The van der Waals surface area contributed by atoms with E-state index in [2.05, 4.69) is 30.9 Å². The number of hydrogen-bond donors (Lipinski definition) is 1. The quantitative estimate of drug-likeness (QED) is 0.759. The van der Waals surface area contributed by atoms with E-state index in [1.165, 1.54) is 11.3 Å². The number of allylic oxidation sites excluding steroid dienone is 3. The van der Waals surface area contributed by atoms with Gasteiger partial charge in [-0.3, -0.25) is 0 Å². The lowest BCUT2D eigenvalue weighted by Gasteiger charge is -2.25. The van der Waals surface area contributed by atoms with E-state index in [-0.39, 0.29) is 6.10 Å². The largest absolute Gasteiger partial charge is 0.392 e. The standard InChI is InChI=1S/C11H19NO.C2H6/c1-9-5-4-6-12(8-11(3)13)10(2)7-9;1-2/h5,7,11,13H,4,6,8H2,1-3H3;1-2H3/t11-;/m1./s1. The van der Waals surface area contributed by atoms with Gasteiger partial charge in [0, 0.05) is 18.8 Å². The van der Waals surface area contributed by atoms with Crippen LogP contribution in [0.15, 0.2) is 23.4 Å². The molecule has 1 atom stereocenters. The summed E-state index contributed by atoms with van der Waals surface area (Å²) in [6.07, 6.45) is 5.24. The zero-order chi connectivity index (χ0) is 11.8. The Labute approximate surface area is 94.3 Å². The van der Waals surface area contributed by atoms with Crippen molar-refractivity contribution in [1.82, 2.24) is 4.90 Å². The van der Waals surface area contributed by atoms with Crippen LogP contribution in [-0.2, 0) is 0 Å². The number of rotatable bonds is 2. The Hall–Kier alpha value is -0.760. The van der Waals surface area contributed by atoms with Crippen molar-refractivity contribution in [2.24, 2.45) is 0 Å². The smallest absolute Gasteiger partial charge is 0.0686 e. The molecular formula is C13H25NO. The maximum absolute atomic E-state index is 9.29. The number of nitrogens with zero attached hydrogens (tertiary/aromatic N) is 1. The van der Waals surface area contributed by atoms with Crippen molar-refractivity contribution in [2.75, 3.05) is 13.1 Å². The third-order valence-corrected chi connectivity index (χ3v) is 2.29. The highest BCUT2D eigenvalue weighted by Gasteiger charge is 2.09. The second-order valence-electron chi connectivity index (χ2n) is 3.82. The molecule has 0 unspecified atom stereocenters. The lowest BCUT2D eigenvalue weighted by molar-refractivity contribution is 0.146. The molecule has 88 valence electrons. The monoisotopic (exact) mass is 211 g/mol. The molecule has 0 fully saturated rings. The van der Waals surface area contributed by atoms with Crippen molar-refractivity contribution in [2.45, 2.75) is 47.1 Å². The van der Waals surface area contributed by atoms with Crippen LogP contribution in [0.5, 0.6) is 0 Å². The predicted molar refractivity (Wildman–Crippen MR) is 66.7 cm³/mol. The second kappa shape index (κ2) is 7.52. The summed E-state index contributed by atoms with van der Waals surface area (Å²) in [5, 5.41) is 9.29. The van der Waals surface area contributed by atoms with Crippen molar-refractivity contribution in [3.8, 4) is 0 Å². The highest BCUT2D eigenvalue weighted by atomic mass is 16.3. The molecule has 0 aromatic heterocycles. The summed E-state index contributed by atoms with van der Waals surface area (Å²) < 4.78 is 0. The van der Waals surface area contributed by atoms with Gasteiger partial charge < -0.3 is 10.0 Å². The van der Waals surface area contributed by atoms with E-state index >= 15 is 0 Å². The highest BCUT2D eigenvalue weighted by molar-refractivity contribution is 5.22. The van der Waals surface area contributed by atoms with Crippen LogP contribution in [0.1, 0.15) is 41.0 Å². The van der Waals surface area contributed by atoms with E-state index in [1.54, 1.807) is 0 Å². The number of aliphatic hydroxyl groups is 1. The summed E-state index contributed by atoms with van der Waals surface area (Å²) in [6.45, 7) is 11.8. The SMILES string of the molecule is CC.CC1=CCCN(C[C@@H](C)O)C(C)=C1. The van der Waals surface area contributed by atoms with Crippen LogP contribution in [-0.4, -0.2) is 29.2 Å². The van der Waals surface area contributed by atoms with Gasteiger partial charge in [0.05, 0.1) is 6.10 Å². The van der Waals surface area contributed by atoms with Crippen molar-refractivity contribution in [3.05, 3.63) is 23.4 Å². The Bertz CT molecular complexity index is 229. The molecule has 1 aliphatic heterocycles. The van der Waals surface area contributed by atoms with Gasteiger partial charge in [0.1, 0.15) is 0 Å². The fraction of sp³-hybridized carbons (Fsp3) is 0.692. The predicted octanol–water partition coefficient (Wildman–Crippen LogP) is 2.95. The summed E-state index contributed by atoms with van der Waals surface area (Å²) in [4.78, 5) is 2.23. The summed E-state index contributed by atoms with van der Waals surface area (Å²) >= 11 is 0. The van der Waals surface area contributed by atoms with E-state index in [0.717, 1.165) is 19.5 Å². The van der Waals surface area contributed by atoms with Crippen LogP contribution in [0.3, 0.4) is 0 Å². The maximum atomic E-state index is 9.29. The van der Waals surface area contributed by atoms with Gasteiger partial charge in [-0.25, -0.2) is 0 Å². The molecule has 1 rings (SSSR count). The normalized spacial score (nSPS) is 18.1. The highest BCUT2D eigenvalue weighted by Crippen LogP contribution is 2.14. The topological polar surface area (TPSA) is 23.5 Å². The van der Waals surface area contributed by atoms with Crippen molar-refractivity contribution < 1.29 is 5.11 Å². The van der Waals surface area contributed by atoms with Crippen LogP contribution < -0.4 is 0 Å². The number of β-amino-alcohol motifs (C(OH)–C–C–N with tert-alkyl or cyclic N) is 1. The van der Waals surface area contributed by atoms with Gasteiger partial charge in [0.25, 0.3) is 0 Å². The molecule has 0 bridgehead atoms. The van der Waals surface area contributed by atoms with Gasteiger partial charge in [0.15, 0.2) is 0 Å². The number of hydrogen-bond acceptors (Lipinski definition) is 2. The lowest BCUT2D eigenvalue weighted by atomic mass is 10.2. The van der Waals surface area contributed by atoms with Gasteiger partial charge in [-0.1, -0.05) is 25.5 Å². The summed E-state index contributed by atoms with van der Waals surface area (Å²) in [5.41, 5.74) is 2.58. The third kappa shape index (κ3) is 5.63. The summed E-state index contributed by atoms with van der Waals surface area (Å²) in [7, 11) is 0. The molecule has 0 aromatic carbocycles. The van der Waals surface area contributed by atoms with Crippen LogP contribution in [0, 0.1) is 0 Å². The van der Waals surface area contributed by atoms with Crippen molar-refractivity contribution in [1.29, 1.82) is 0 Å². The zero-order valence-corrected chi connectivity index (χ0v) is 10.7. The molecule has 0 amide bonds. The molecule has 2 nitrogen and oxygen atoms in total. The Morgan fingerprint density at radius 3 is 2.53 bits per heavy atom. The Balaban J connectivity index is 0.000000921. The van der Waals surface area contributed by atoms with Crippen molar-refractivity contribution >= 4 is 0 Å². The van der Waals surface area contributed by atoms with Gasteiger partial charge in [-0.15, -0.1) is 0 Å². The number of aliphatic hydroxyl groups excluding tert-OH is 1. The van der Waals surface area contributed by atoms with E-state index < -0.39 is 0 Å². The molecular weight excluding hydrogens is 186 g/mol. The second-order valence-corrected chi connectivity index (χ2v) is 3.82. The molecule has 0 spiro atoms. The minimum absolute atomic E-state index is 0.248. The first-order valence-electron chi connectivity index (χ1n) is 5.87. The van der Waals surface area contributed by atoms with E-state index in [9.17, 15) is 5.11 Å². The molecule has 0 saturated heterocycles. The molecule has 0 aliphatic carbocycles. The lowest BCUT2D eigenvalue weighted by Crippen LogP contribution is -2.29. The fourth-order valence-corrected chi connectivity index (χ4v) is 1.66. The van der Waals surface area contributed by atoms with Gasteiger partial charge >= 0.3 is 0 Å². The summed E-state index contributed by atoms with van der Waals surface area (Å²) in [5.74, 6) is 0. The van der Waals surface area contributed by atoms with Crippen LogP contribution in [0.4, 0.5) is 0 Å². The average molecular weight is 211 g/mol. The molecule has 0 aromatic rings. The van der Waals surface area contributed by atoms with E-state index in [4.69, 9.17) is 0 Å². The molecule has 0 radical (unpaired) electrons. The Morgan fingerprint density at radius 2 is 2.00 bits per heavy atom. The van der Waals surface area contributed by atoms with Crippen LogP contribution in [0.2, 0.25) is 0 Å².